The molecule has 0 atom stereocenters. The summed E-state index contributed by atoms with van der Waals surface area (Å²) in [4.78, 5) is 10.4. The van der Waals surface area contributed by atoms with E-state index in [4.69, 9.17) is 5.73 Å². The van der Waals surface area contributed by atoms with Crippen LogP contribution in [0.5, 0.6) is 0 Å². The minimum Gasteiger partial charge on any atom is -0.349 e. The maximum atomic E-state index is 10.4. The molecule has 0 aromatic heterocycles. The average molecular weight is 129 g/mol. The summed E-state index contributed by atoms with van der Waals surface area (Å²) in [5, 5.41) is 6.05. The van der Waals surface area contributed by atoms with Crippen LogP contribution in [0, 0.1) is 0 Å². The number of hydrogen-bond acceptors (Lipinski definition) is 4. The number of urea groups is 1. The lowest BCUT2D eigenvalue weighted by molar-refractivity contribution is 0.0849. The Labute approximate surface area is 51.8 Å². The first kappa shape index (κ1) is 5.67. The van der Waals surface area contributed by atoms with E-state index < -0.39 is 6.03 Å². The molecule has 2 amide bonds. The van der Waals surface area contributed by atoms with E-state index in [9.17, 15) is 4.79 Å². The molecule has 50 valence electrons. The second-order valence-electron chi connectivity index (χ2n) is 1.57. The molecule has 0 aliphatic carbocycles. The Morgan fingerprint density at radius 3 is 2.78 bits per heavy atom. The van der Waals surface area contributed by atoms with Crippen LogP contribution in [0.1, 0.15) is 0 Å². The molecule has 0 saturated carbocycles. The first-order chi connectivity index (χ1) is 4.22. The minimum absolute atomic E-state index is 0.588. The van der Waals surface area contributed by atoms with Crippen LogP contribution in [-0.4, -0.2) is 29.5 Å². The zero-order chi connectivity index (χ0) is 6.85. The Morgan fingerprint density at radius 1 is 1.89 bits per heavy atom. The highest BCUT2D eigenvalue weighted by Gasteiger charge is 2.15. The number of hydrazone groups is 1. The molecule has 0 aromatic carbocycles. The molecule has 1 aliphatic heterocycles. The van der Waals surface area contributed by atoms with Crippen molar-refractivity contribution in [1.82, 2.24) is 15.7 Å². The molecule has 0 saturated heterocycles. The number of rotatable bonds is 0. The summed E-state index contributed by atoms with van der Waals surface area (Å²) in [5.74, 6) is 0. The van der Waals surface area contributed by atoms with Crippen molar-refractivity contribution in [1.29, 1.82) is 0 Å². The van der Waals surface area contributed by atoms with E-state index >= 15 is 0 Å². The van der Waals surface area contributed by atoms with Crippen molar-refractivity contribution < 1.29 is 4.79 Å². The smallest absolute Gasteiger partial charge is 0.349 e. The molecule has 0 spiro atoms. The predicted molar refractivity (Wildman–Crippen MR) is 30.8 cm³/mol. The van der Waals surface area contributed by atoms with Crippen LogP contribution < -0.4 is 11.3 Å². The first-order valence-electron chi connectivity index (χ1n) is 2.33. The Morgan fingerprint density at radius 2 is 2.56 bits per heavy atom. The number of hydrogen-bond donors (Lipinski definition) is 2. The zero-order valence-electron chi connectivity index (χ0n) is 4.90. The molecular formula is C3H7N5O. The zero-order valence-corrected chi connectivity index (χ0v) is 4.90. The fourth-order valence-electron chi connectivity index (χ4n) is 0.491. The number of nitrogens with one attached hydrogen (secondary N) is 1. The van der Waals surface area contributed by atoms with Crippen LogP contribution in [0.2, 0.25) is 0 Å². The third-order valence-electron chi connectivity index (χ3n) is 0.902. The summed E-state index contributed by atoms with van der Waals surface area (Å²) < 4.78 is 0. The van der Waals surface area contributed by atoms with E-state index in [1.54, 1.807) is 7.05 Å². The molecule has 6 nitrogen and oxygen atoms in total. The second kappa shape index (κ2) is 1.81. The van der Waals surface area contributed by atoms with Crippen LogP contribution in [0.15, 0.2) is 5.10 Å². The minimum atomic E-state index is -0.588. The van der Waals surface area contributed by atoms with Gasteiger partial charge in [0.1, 0.15) is 6.34 Å². The fourth-order valence-corrected chi connectivity index (χ4v) is 0.491. The molecule has 0 fully saturated rings. The van der Waals surface area contributed by atoms with E-state index in [-0.39, 0.29) is 0 Å². The van der Waals surface area contributed by atoms with Gasteiger partial charge in [-0.1, -0.05) is 0 Å². The van der Waals surface area contributed by atoms with E-state index in [1.807, 2.05) is 0 Å². The van der Waals surface area contributed by atoms with Gasteiger partial charge < -0.3 is 5.73 Å². The molecule has 0 aromatic rings. The van der Waals surface area contributed by atoms with Crippen molar-refractivity contribution in [3.05, 3.63) is 0 Å². The van der Waals surface area contributed by atoms with E-state index in [0.717, 1.165) is 5.12 Å². The van der Waals surface area contributed by atoms with E-state index in [2.05, 4.69) is 10.6 Å². The molecule has 1 rings (SSSR count). The molecule has 0 unspecified atom stereocenters. The van der Waals surface area contributed by atoms with Crippen LogP contribution >= 0.6 is 0 Å². The van der Waals surface area contributed by atoms with Crippen molar-refractivity contribution in [2.45, 2.75) is 0 Å². The lowest BCUT2D eigenvalue weighted by Crippen LogP contribution is -2.47. The summed E-state index contributed by atoms with van der Waals surface area (Å²) in [6, 6.07) is -0.588. The summed E-state index contributed by atoms with van der Waals surface area (Å²) in [5.41, 5.74) is 7.25. The molecule has 0 radical (unpaired) electrons. The number of nitrogens with zero attached hydrogens (tertiary/aromatic N) is 3. The van der Waals surface area contributed by atoms with Crippen LogP contribution in [-0.2, 0) is 0 Å². The lowest BCUT2D eigenvalue weighted by Gasteiger charge is -2.19. The monoisotopic (exact) mass is 129 g/mol. The van der Waals surface area contributed by atoms with Gasteiger partial charge in [0.25, 0.3) is 0 Å². The highest BCUT2D eigenvalue weighted by Crippen LogP contribution is 1.91. The average Bonchev–Trinajstić information content (AvgIpc) is 2.13. The maximum absolute atomic E-state index is 10.4. The normalized spacial score (nSPS) is 16.1. The third-order valence-corrected chi connectivity index (χ3v) is 0.902. The van der Waals surface area contributed by atoms with E-state index in [0.29, 0.717) is 0 Å². The molecular weight excluding hydrogens is 122 g/mol. The van der Waals surface area contributed by atoms with Gasteiger partial charge in [-0.05, 0) is 0 Å². The van der Waals surface area contributed by atoms with Crippen LogP contribution in [0.4, 0.5) is 4.79 Å². The van der Waals surface area contributed by atoms with Crippen LogP contribution in [0.3, 0.4) is 0 Å². The Kier molecular flexibility index (Phi) is 1.14. The third kappa shape index (κ3) is 0.857. The van der Waals surface area contributed by atoms with Crippen molar-refractivity contribution in [3.8, 4) is 0 Å². The highest BCUT2D eigenvalue weighted by molar-refractivity contribution is 5.74. The number of carbonyl (C=O) groups excluding carboxylic acids is 1. The molecule has 9 heavy (non-hydrogen) atoms. The quantitative estimate of drug-likeness (QED) is 0.426. The van der Waals surface area contributed by atoms with Gasteiger partial charge in [0, 0.05) is 7.05 Å². The predicted octanol–water partition coefficient (Wildman–Crippen LogP) is -1.32. The number of hydrazine groups is 2. The van der Waals surface area contributed by atoms with Gasteiger partial charge in [-0.2, -0.15) is 5.53 Å². The SMILES string of the molecule is CN1C=NNN1C(N)=O. The van der Waals surface area contributed by atoms with Gasteiger partial charge in [0.05, 0.1) is 0 Å². The van der Waals surface area contributed by atoms with Crippen molar-refractivity contribution in [3.63, 3.8) is 0 Å². The topological polar surface area (TPSA) is 74.0 Å². The summed E-state index contributed by atoms with van der Waals surface area (Å²) in [6.07, 6.45) is 1.44. The van der Waals surface area contributed by atoms with Crippen molar-refractivity contribution in [2.24, 2.45) is 10.8 Å². The van der Waals surface area contributed by atoms with Crippen molar-refractivity contribution in [2.75, 3.05) is 7.05 Å². The Balaban J connectivity index is 2.55. The summed E-state index contributed by atoms with van der Waals surface area (Å²) in [7, 11) is 1.65. The van der Waals surface area contributed by atoms with Gasteiger partial charge in [0.2, 0.25) is 0 Å². The van der Waals surface area contributed by atoms with E-state index in [1.165, 1.54) is 11.3 Å². The van der Waals surface area contributed by atoms with Gasteiger partial charge in [-0.15, -0.1) is 10.2 Å². The van der Waals surface area contributed by atoms with Crippen LogP contribution in [0.25, 0.3) is 0 Å². The van der Waals surface area contributed by atoms with Gasteiger partial charge in [0.15, 0.2) is 0 Å². The van der Waals surface area contributed by atoms with Gasteiger partial charge in [-0.3, -0.25) is 5.01 Å². The molecule has 1 heterocycles. The highest BCUT2D eigenvalue weighted by atomic mass is 16.2. The second-order valence-corrected chi connectivity index (χ2v) is 1.57. The van der Waals surface area contributed by atoms with Crippen molar-refractivity contribution >= 4 is 12.4 Å². The largest absolute Gasteiger partial charge is 0.354 e. The fraction of sp³-hybridized carbons (Fsp3) is 0.333. The number of nitrogens with two attached hydrogens (primary N) is 1. The summed E-state index contributed by atoms with van der Waals surface area (Å²) >= 11 is 0. The molecule has 3 N–H and O–H groups in total. The number of amides is 2. The number of carbonyl (C=O) groups is 1. The number of primary amides is 1. The standard InChI is InChI=1S/C3H7N5O/c1-7-2-5-6-8(7)3(4)9/h2,6H,1H3,(H2,4,9). The summed E-state index contributed by atoms with van der Waals surface area (Å²) in [6.45, 7) is 0. The van der Waals surface area contributed by atoms with Gasteiger partial charge in [-0.25, -0.2) is 4.79 Å². The first-order valence-corrected chi connectivity index (χ1v) is 2.33. The Hall–Kier alpha value is -1.46. The molecule has 0 bridgehead atoms. The lowest BCUT2D eigenvalue weighted by atomic mass is 11.0. The molecule has 6 heteroatoms. The van der Waals surface area contributed by atoms with Gasteiger partial charge >= 0.3 is 6.03 Å². The Bertz CT molecular complexity index is 154. The molecule has 1 aliphatic rings. The maximum Gasteiger partial charge on any atom is 0.354 e.